The third-order valence-electron chi connectivity index (χ3n) is 3.07. The molecule has 1 unspecified atom stereocenters. The van der Waals surface area contributed by atoms with Crippen molar-refractivity contribution in [2.45, 2.75) is 51.6 Å². The molecule has 1 atom stereocenters. The number of ether oxygens (including phenoxy) is 1. The van der Waals surface area contributed by atoms with E-state index in [2.05, 4.69) is 13.8 Å². The molecule has 0 heterocycles. The van der Waals surface area contributed by atoms with E-state index in [1.807, 2.05) is 0 Å². The van der Waals surface area contributed by atoms with Crippen LogP contribution < -0.4 is 0 Å². The molecule has 13 heavy (non-hydrogen) atoms. The van der Waals surface area contributed by atoms with Gasteiger partial charge < -0.3 is 9.84 Å². The highest BCUT2D eigenvalue weighted by Gasteiger charge is 2.40. The van der Waals surface area contributed by atoms with Gasteiger partial charge in [-0.2, -0.15) is 0 Å². The standard InChI is InChI=1S/C11H22O2/c1-10(2)6-7-11(12,9-10)5-4-8-13-3/h12H,4-9H2,1-3H3. The van der Waals surface area contributed by atoms with Crippen LogP contribution in [0.25, 0.3) is 0 Å². The highest BCUT2D eigenvalue weighted by molar-refractivity contribution is 4.93. The largest absolute Gasteiger partial charge is 0.390 e. The molecule has 0 bridgehead atoms. The summed E-state index contributed by atoms with van der Waals surface area (Å²) in [6.45, 7) is 5.24. The quantitative estimate of drug-likeness (QED) is 0.683. The molecule has 0 aromatic rings. The van der Waals surface area contributed by atoms with E-state index < -0.39 is 5.60 Å². The Morgan fingerprint density at radius 3 is 2.46 bits per heavy atom. The zero-order chi connectivity index (χ0) is 9.95. The van der Waals surface area contributed by atoms with E-state index in [1.165, 1.54) is 0 Å². The second-order valence-electron chi connectivity index (χ2n) is 5.16. The number of methoxy groups -OCH3 is 1. The summed E-state index contributed by atoms with van der Waals surface area (Å²) in [4.78, 5) is 0. The van der Waals surface area contributed by atoms with Gasteiger partial charge in [0, 0.05) is 13.7 Å². The lowest BCUT2D eigenvalue weighted by molar-refractivity contribution is 0.0204. The van der Waals surface area contributed by atoms with Gasteiger partial charge in [-0.3, -0.25) is 0 Å². The first-order valence-corrected chi connectivity index (χ1v) is 5.19. The molecule has 1 aliphatic carbocycles. The van der Waals surface area contributed by atoms with Crippen molar-refractivity contribution < 1.29 is 9.84 Å². The highest BCUT2D eigenvalue weighted by Crippen LogP contribution is 2.45. The normalized spacial score (nSPS) is 32.3. The van der Waals surface area contributed by atoms with E-state index in [1.54, 1.807) is 7.11 Å². The maximum atomic E-state index is 10.2. The van der Waals surface area contributed by atoms with Crippen LogP contribution in [0.1, 0.15) is 46.0 Å². The van der Waals surface area contributed by atoms with Crippen LogP contribution in [-0.2, 0) is 4.74 Å². The Bertz CT molecular complexity index is 165. The Hall–Kier alpha value is -0.0800. The molecular formula is C11H22O2. The summed E-state index contributed by atoms with van der Waals surface area (Å²) in [5.41, 5.74) is -0.0656. The fourth-order valence-electron chi connectivity index (χ4n) is 2.40. The van der Waals surface area contributed by atoms with Crippen molar-refractivity contribution in [1.82, 2.24) is 0 Å². The number of hydrogen-bond donors (Lipinski definition) is 1. The second-order valence-corrected chi connectivity index (χ2v) is 5.16. The van der Waals surface area contributed by atoms with E-state index in [9.17, 15) is 5.11 Å². The first-order valence-electron chi connectivity index (χ1n) is 5.19. The van der Waals surface area contributed by atoms with Crippen LogP contribution in [0.3, 0.4) is 0 Å². The summed E-state index contributed by atoms with van der Waals surface area (Å²) < 4.78 is 4.99. The lowest BCUT2D eigenvalue weighted by atomic mass is 9.87. The van der Waals surface area contributed by atoms with Crippen LogP contribution in [0.15, 0.2) is 0 Å². The number of aliphatic hydroxyl groups is 1. The first-order chi connectivity index (χ1) is 5.97. The van der Waals surface area contributed by atoms with Gasteiger partial charge in [0.2, 0.25) is 0 Å². The van der Waals surface area contributed by atoms with E-state index in [0.29, 0.717) is 5.41 Å². The topological polar surface area (TPSA) is 29.5 Å². The van der Waals surface area contributed by atoms with Gasteiger partial charge in [0.15, 0.2) is 0 Å². The summed E-state index contributed by atoms with van der Waals surface area (Å²) in [6, 6.07) is 0. The Labute approximate surface area is 81.3 Å². The summed E-state index contributed by atoms with van der Waals surface area (Å²) in [7, 11) is 1.71. The minimum absolute atomic E-state index is 0.335. The van der Waals surface area contributed by atoms with Gasteiger partial charge in [0.05, 0.1) is 5.60 Å². The molecule has 1 aliphatic rings. The van der Waals surface area contributed by atoms with E-state index >= 15 is 0 Å². The third-order valence-corrected chi connectivity index (χ3v) is 3.07. The predicted octanol–water partition coefficient (Wildman–Crippen LogP) is 2.35. The summed E-state index contributed by atoms with van der Waals surface area (Å²) in [5.74, 6) is 0. The molecule has 1 saturated carbocycles. The van der Waals surface area contributed by atoms with Gasteiger partial charge in [-0.25, -0.2) is 0 Å². The maximum Gasteiger partial charge on any atom is 0.0654 e. The fourth-order valence-corrected chi connectivity index (χ4v) is 2.40. The highest BCUT2D eigenvalue weighted by atomic mass is 16.5. The van der Waals surface area contributed by atoms with Crippen LogP contribution in [0, 0.1) is 5.41 Å². The average Bonchev–Trinajstić information content (AvgIpc) is 2.27. The zero-order valence-corrected chi connectivity index (χ0v) is 9.10. The minimum atomic E-state index is -0.401. The molecule has 0 aromatic heterocycles. The Morgan fingerprint density at radius 2 is 2.00 bits per heavy atom. The lowest BCUT2D eigenvalue weighted by Gasteiger charge is -2.24. The minimum Gasteiger partial charge on any atom is -0.390 e. The van der Waals surface area contributed by atoms with Gasteiger partial charge in [0.25, 0.3) is 0 Å². The summed E-state index contributed by atoms with van der Waals surface area (Å²) >= 11 is 0. The van der Waals surface area contributed by atoms with Crippen molar-refractivity contribution in [2.75, 3.05) is 13.7 Å². The Morgan fingerprint density at radius 1 is 1.31 bits per heavy atom. The smallest absolute Gasteiger partial charge is 0.0654 e. The van der Waals surface area contributed by atoms with Gasteiger partial charge in [-0.05, 0) is 37.5 Å². The molecule has 0 aliphatic heterocycles. The molecular weight excluding hydrogens is 164 g/mol. The molecule has 1 N–H and O–H groups in total. The predicted molar refractivity (Wildman–Crippen MR) is 53.7 cm³/mol. The summed E-state index contributed by atoms with van der Waals surface area (Å²) in [5, 5.41) is 10.2. The van der Waals surface area contributed by atoms with Crippen molar-refractivity contribution in [3.8, 4) is 0 Å². The number of hydrogen-bond acceptors (Lipinski definition) is 2. The van der Waals surface area contributed by atoms with Gasteiger partial charge in [-0.1, -0.05) is 13.8 Å². The van der Waals surface area contributed by atoms with Crippen molar-refractivity contribution in [2.24, 2.45) is 5.41 Å². The van der Waals surface area contributed by atoms with Crippen LogP contribution in [0.4, 0.5) is 0 Å². The molecule has 2 heteroatoms. The number of rotatable bonds is 4. The monoisotopic (exact) mass is 186 g/mol. The Kier molecular flexibility index (Phi) is 3.36. The van der Waals surface area contributed by atoms with Crippen LogP contribution in [-0.4, -0.2) is 24.4 Å². The zero-order valence-electron chi connectivity index (χ0n) is 9.10. The second kappa shape index (κ2) is 3.97. The first kappa shape index (κ1) is 11.0. The molecule has 2 nitrogen and oxygen atoms in total. The molecule has 1 rings (SSSR count). The average molecular weight is 186 g/mol. The van der Waals surface area contributed by atoms with Crippen molar-refractivity contribution in [3.05, 3.63) is 0 Å². The molecule has 0 saturated heterocycles. The van der Waals surface area contributed by atoms with E-state index in [4.69, 9.17) is 4.74 Å². The maximum absolute atomic E-state index is 10.2. The van der Waals surface area contributed by atoms with E-state index in [0.717, 1.165) is 38.7 Å². The molecule has 1 fully saturated rings. The lowest BCUT2D eigenvalue weighted by Crippen LogP contribution is -2.26. The van der Waals surface area contributed by atoms with Gasteiger partial charge in [0.1, 0.15) is 0 Å². The van der Waals surface area contributed by atoms with Crippen LogP contribution in [0.5, 0.6) is 0 Å². The molecule has 0 radical (unpaired) electrons. The van der Waals surface area contributed by atoms with Gasteiger partial charge in [-0.15, -0.1) is 0 Å². The SMILES string of the molecule is COCCCC1(O)CCC(C)(C)C1. The van der Waals surface area contributed by atoms with E-state index in [-0.39, 0.29) is 0 Å². The molecule has 0 aromatic carbocycles. The molecule has 0 spiro atoms. The van der Waals surface area contributed by atoms with Crippen LogP contribution >= 0.6 is 0 Å². The Balaban J connectivity index is 2.32. The molecule has 0 amide bonds. The van der Waals surface area contributed by atoms with Gasteiger partial charge >= 0.3 is 0 Å². The summed E-state index contributed by atoms with van der Waals surface area (Å²) in [6.07, 6.45) is 4.93. The van der Waals surface area contributed by atoms with Crippen LogP contribution in [0.2, 0.25) is 0 Å². The third kappa shape index (κ3) is 3.28. The fraction of sp³-hybridized carbons (Fsp3) is 1.00. The van der Waals surface area contributed by atoms with Crippen molar-refractivity contribution in [1.29, 1.82) is 0 Å². The van der Waals surface area contributed by atoms with Crippen molar-refractivity contribution >= 4 is 0 Å². The molecule has 78 valence electrons. The van der Waals surface area contributed by atoms with Crippen molar-refractivity contribution in [3.63, 3.8) is 0 Å².